The molecule has 4 rings (SSSR count). The van der Waals surface area contributed by atoms with Crippen molar-refractivity contribution in [2.75, 3.05) is 10.6 Å². The van der Waals surface area contributed by atoms with Crippen LogP contribution in [0.1, 0.15) is 59.8 Å². The summed E-state index contributed by atoms with van der Waals surface area (Å²) in [6.07, 6.45) is 0. The van der Waals surface area contributed by atoms with Crippen LogP contribution in [0, 0.1) is 25.1 Å². The van der Waals surface area contributed by atoms with Crippen molar-refractivity contribution in [3.8, 4) is 0 Å². The minimum Gasteiger partial charge on any atom is -0.464 e. The van der Waals surface area contributed by atoms with Crippen molar-refractivity contribution < 1.29 is 13.6 Å². The number of hydrogen-bond donors (Lipinski definition) is 3. The van der Waals surface area contributed by atoms with Gasteiger partial charge >= 0.3 is 0 Å². The van der Waals surface area contributed by atoms with E-state index < -0.39 is 28.6 Å². The van der Waals surface area contributed by atoms with Crippen LogP contribution in [0.2, 0.25) is 0 Å². The molecule has 0 saturated heterocycles. The van der Waals surface area contributed by atoms with Gasteiger partial charge in [0, 0.05) is 6.54 Å². The molecule has 0 radical (unpaired) electrons. The Balaban J connectivity index is 1.73. The maximum atomic E-state index is 14.6. The van der Waals surface area contributed by atoms with Crippen molar-refractivity contribution in [3.05, 3.63) is 72.7 Å². The summed E-state index contributed by atoms with van der Waals surface area (Å²) in [6.45, 7) is 9.99. The highest BCUT2D eigenvalue weighted by molar-refractivity contribution is 6.04. The molecule has 1 amide bonds. The standard InChI is InChI=1S/C23H24FN3O4/c1-10-8-14(31-11(10)2)21(23(3,4)5)27-18-17(19(28)20(18)29)26-16-13(24)7-6-12-9-25-22(30)15(12)16/h6-8,21,26-27H,9H2,1-5H3,(H,25,30)/t21-/m0/s1. The molecular formula is C23H24FN3O4. The van der Waals surface area contributed by atoms with Crippen LogP contribution in [0.3, 0.4) is 0 Å². The van der Waals surface area contributed by atoms with E-state index in [1.165, 1.54) is 12.1 Å². The Morgan fingerprint density at radius 3 is 2.35 bits per heavy atom. The zero-order valence-corrected chi connectivity index (χ0v) is 18.0. The zero-order chi connectivity index (χ0) is 22.7. The number of hydrogen-bond acceptors (Lipinski definition) is 6. The van der Waals surface area contributed by atoms with E-state index in [9.17, 15) is 18.8 Å². The largest absolute Gasteiger partial charge is 0.464 e. The Bertz CT molecular complexity index is 1260. The van der Waals surface area contributed by atoms with E-state index in [2.05, 4.69) is 16.0 Å². The van der Waals surface area contributed by atoms with E-state index in [-0.39, 0.29) is 34.6 Å². The number of carbonyl (C=O) groups excluding carboxylic acids is 1. The second kappa shape index (κ2) is 7.08. The minimum atomic E-state index is -0.766. The van der Waals surface area contributed by atoms with Crippen molar-refractivity contribution >= 4 is 23.0 Å². The van der Waals surface area contributed by atoms with Gasteiger partial charge in [-0.05, 0) is 42.5 Å². The van der Waals surface area contributed by atoms with E-state index >= 15 is 0 Å². The SMILES string of the molecule is Cc1cc([C@H](Nc2c(Nc3c(F)ccc4c3C(=O)NC4)c(=O)c2=O)C(C)(C)C)oc1C. The predicted octanol–water partition coefficient (Wildman–Crippen LogP) is 3.82. The van der Waals surface area contributed by atoms with Crippen LogP contribution in [0.25, 0.3) is 0 Å². The van der Waals surface area contributed by atoms with E-state index in [1.54, 1.807) is 0 Å². The number of halogens is 1. The maximum Gasteiger partial charge on any atom is 0.254 e. The fourth-order valence-electron chi connectivity index (χ4n) is 3.79. The van der Waals surface area contributed by atoms with Gasteiger partial charge in [0.1, 0.15) is 28.7 Å². The van der Waals surface area contributed by atoms with E-state index in [4.69, 9.17) is 4.42 Å². The molecule has 0 bridgehead atoms. The third-order valence-electron chi connectivity index (χ3n) is 5.69. The van der Waals surface area contributed by atoms with Crippen LogP contribution in [-0.2, 0) is 6.54 Å². The lowest BCUT2D eigenvalue weighted by atomic mass is 9.84. The fourth-order valence-corrected chi connectivity index (χ4v) is 3.79. The zero-order valence-electron chi connectivity index (χ0n) is 18.0. The molecule has 0 unspecified atom stereocenters. The molecule has 1 aliphatic rings. The molecule has 0 aliphatic carbocycles. The second-order valence-corrected chi connectivity index (χ2v) is 9.00. The Hall–Kier alpha value is -3.42. The molecule has 3 aromatic rings. The molecule has 2 aromatic carbocycles. The van der Waals surface area contributed by atoms with Gasteiger partial charge in [-0.15, -0.1) is 0 Å². The normalized spacial score (nSPS) is 14.5. The lowest BCUT2D eigenvalue weighted by molar-refractivity contribution is 0.0966. The first-order valence-electron chi connectivity index (χ1n) is 10.0. The topological polar surface area (TPSA) is 100 Å². The number of fused-ring (bicyclic) bond motifs is 1. The smallest absolute Gasteiger partial charge is 0.254 e. The number of nitrogens with one attached hydrogen (secondary N) is 3. The predicted molar refractivity (Wildman–Crippen MR) is 116 cm³/mol. The molecule has 8 heteroatoms. The minimum absolute atomic E-state index is 0.0482. The summed E-state index contributed by atoms with van der Waals surface area (Å²) in [5, 5.41) is 8.47. The summed E-state index contributed by atoms with van der Waals surface area (Å²) < 4.78 is 20.4. The molecule has 2 heterocycles. The quantitative estimate of drug-likeness (QED) is 0.538. The highest BCUT2D eigenvalue weighted by Crippen LogP contribution is 2.39. The van der Waals surface area contributed by atoms with Crippen LogP contribution >= 0.6 is 0 Å². The van der Waals surface area contributed by atoms with Gasteiger partial charge in [-0.3, -0.25) is 14.4 Å². The number of benzene rings is 1. The third kappa shape index (κ3) is 3.41. The summed E-state index contributed by atoms with van der Waals surface area (Å²) in [5.41, 5.74) is -0.223. The van der Waals surface area contributed by atoms with Crippen LogP contribution in [0.15, 0.2) is 32.2 Å². The Morgan fingerprint density at radius 1 is 1.06 bits per heavy atom. The lowest BCUT2D eigenvalue weighted by Crippen LogP contribution is -2.39. The number of rotatable bonds is 5. The Morgan fingerprint density at radius 2 is 1.74 bits per heavy atom. The number of carbonyl (C=O) groups is 1. The molecule has 1 aromatic heterocycles. The van der Waals surface area contributed by atoms with Gasteiger partial charge in [-0.2, -0.15) is 0 Å². The number of aryl methyl sites for hydroxylation is 2. The molecule has 7 nitrogen and oxygen atoms in total. The number of anilines is 3. The van der Waals surface area contributed by atoms with Crippen LogP contribution in [-0.4, -0.2) is 5.91 Å². The summed E-state index contributed by atoms with van der Waals surface area (Å²) >= 11 is 0. The van der Waals surface area contributed by atoms with E-state index in [0.717, 1.165) is 11.3 Å². The van der Waals surface area contributed by atoms with Crippen LogP contribution < -0.4 is 26.8 Å². The van der Waals surface area contributed by atoms with Crippen molar-refractivity contribution in [2.45, 2.75) is 47.2 Å². The molecule has 0 spiro atoms. The summed E-state index contributed by atoms with van der Waals surface area (Å²) in [6, 6.07) is 4.22. The maximum absolute atomic E-state index is 14.6. The van der Waals surface area contributed by atoms with Gasteiger partial charge < -0.3 is 20.4 Å². The second-order valence-electron chi connectivity index (χ2n) is 9.00. The molecule has 1 atom stereocenters. The van der Waals surface area contributed by atoms with Crippen LogP contribution in [0.5, 0.6) is 0 Å². The van der Waals surface area contributed by atoms with E-state index in [0.29, 0.717) is 11.3 Å². The molecule has 0 saturated carbocycles. The summed E-state index contributed by atoms with van der Waals surface area (Å²) in [5.74, 6) is 0.286. The van der Waals surface area contributed by atoms with Gasteiger partial charge in [0.15, 0.2) is 0 Å². The molecule has 1 aliphatic heterocycles. The Kier molecular flexibility index (Phi) is 4.76. The molecule has 31 heavy (non-hydrogen) atoms. The van der Waals surface area contributed by atoms with Crippen molar-refractivity contribution in [3.63, 3.8) is 0 Å². The van der Waals surface area contributed by atoms with Crippen molar-refractivity contribution in [1.29, 1.82) is 0 Å². The highest BCUT2D eigenvalue weighted by Gasteiger charge is 2.34. The number of amides is 1. The molecule has 0 fully saturated rings. The lowest BCUT2D eigenvalue weighted by Gasteiger charge is -2.31. The molecular weight excluding hydrogens is 401 g/mol. The van der Waals surface area contributed by atoms with Gasteiger partial charge in [0.25, 0.3) is 16.8 Å². The van der Waals surface area contributed by atoms with E-state index in [1.807, 2.05) is 40.7 Å². The van der Waals surface area contributed by atoms with Crippen LogP contribution in [0.4, 0.5) is 21.5 Å². The Labute approximate surface area is 178 Å². The molecule has 162 valence electrons. The average Bonchev–Trinajstić information content (AvgIpc) is 3.23. The van der Waals surface area contributed by atoms with Gasteiger partial charge in [-0.25, -0.2) is 4.39 Å². The van der Waals surface area contributed by atoms with Gasteiger partial charge in [0.05, 0.1) is 17.3 Å². The summed E-state index contributed by atoms with van der Waals surface area (Å²) in [4.78, 5) is 36.9. The fraction of sp³-hybridized carbons (Fsp3) is 0.348. The number of furan rings is 1. The monoisotopic (exact) mass is 425 g/mol. The highest BCUT2D eigenvalue weighted by atomic mass is 19.1. The first-order valence-corrected chi connectivity index (χ1v) is 10.0. The van der Waals surface area contributed by atoms with Crippen molar-refractivity contribution in [1.82, 2.24) is 5.32 Å². The third-order valence-corrected chi connectivity index (χ3v) is 5.69. The van der Waals surface area contributed by atoms with Crippen molar-refractivity contribution in [2.24, 2.45) is 5.41 Å². The van der Waals surface area contributed by atoms with Gasteiger partial charge in [-0.1, -0.05) is 26.8 Å². The van der Waals surface area contributed by atoms with Gasteiger partial charge in [0.2, 0.25) is 0 Å². The first-order chi connectivity index (χ1) is 14.5. The first kappa shape index (κ1) is 20.8. The average molecular weight is 425 g/mol. The molecule has 3 N–H and O–H groups in total. The summed E-state index contributed by atoms with van der Waals surface area (Å²) in [7, 11) is 0.